The van der Waals surface area contributed by atoms with Crippen molar-refractivity contribution in [1.29, 1.82) is 0 Å². The van der Waals surface area contributed by atoms with E-state index in [4.69, 9.17) is 4.42 Å². The highest BCUT2D eigenvalue weighted by molar-refractivity contribution is 7.85. The van der Waals surface area contributed by atoms with E-state index in [0.29, 0.717) is 0 Å². The molecular weight excluding hydrogens is 322 g/mol. The monoisotopic (exact) mass is 336 g/mol. The molecule has 0 unspecified atom stereocenters. The van der Waals surface area contributed by atoms with Crippen LogP contribution in [0.25, 0.3) is 0 Å². The number of furan rings is 1. The number of rotatable bonds is 6. The molecule has 0 atom stereocenters. The van der Waals surface area contributed by atoms with Gasteiger partial charge in [-0.15, -0.1) is 0 Å². The number of aryl methyl sites for hydroxylation is 1. The van der Waals surface area contributed by atoms with Crippen LogP contribution >= 0.6 is 0 Å². The van der Waals surface area contributed by atoms with Crippen LogP contribution in [0, 0.1) is 6.92 Å². The molecule has 0 saturated heterocycles. The molecule has 8 nitrogen and oxygen atoms in total. The highest BCUT2D eigenvalue weighted by Crippen LogP contribution is 2.11. The molecule has 0 fully saturated rings. The molecule has 9 heteroatoms. The smallest absolute Gasteiger partial charge is 0.259 e. The van der Waals surface area contributed by atoms with E-state index in [1.807, 2.05) is 31.2 Å². The van der Waals surface area contributed by atoms with Crippen LogP contribution in [0.4, 0.5) is 5.69 Å². The van der Waals surface area contributed by atoms with E-state index in [1.54, 1.807) is 0 Å². The van der Waals surface area contributed by atoms with E-state index < -0.39 is 21.1 Å². The maximum absolute atomic E-state index is 11.6. The molecule has 1 amide bonds. The van der Waals surface area contributed by atoms with Crippen LogP contribution in [0.5, 0.6) is 0 Å². The van der Waals surface area contributed by atoms with Gasteiger partial charge in [0.25, 0.3) is 5.91 Å². The highest BCUT2D eigenvalue weighted by Gasteiger charge is 2.06. The second kappa shape index (κ2) is 7.07. The van der Waals surface area contributed by atoms with E-state index in [9.17, 15) is 17.8 Å². The van der Waals surface area contributed by atoms with Crippen molar-refractivity contribution < 1.29 is 22.2 Å². The number of anilines is 1. The van der Waals surface area contributed by atoms with Crippen LogP contribution in [0.1, 0.15) is 11.3 Å². The lowest BCUT2D eigenvalue weighted by Crippen LogP contribution is -2.25. The number of carbonyl (C=O) groups is 1. The van der Waals surface area contributed by atoms with Gasteiger partial charge in [0.05, 0.1) is 12.8 Å². The molecule has 122 valence electrons. The average Bonchev–Trinajstić information content (AvgIpc) is 2.94. The first-order valence-corrected chi connectivity index (χ1v) is 7.93. The molecule has 1 aromatic heterocycles. The molecule has 0 radical (unpaired) electrons. The number of hydrogen-bond donors (Lipinski definition) is 2. The fourth-order valence-corrected chi connectivity index (χ4v) is 2.12. The molecule has 0 bridgehead atoms. The Morgan fingerprint density at radius 2 is 2.13 bits per heavy atom. The molecule has 0 saturated carbocycles. The highest BCUT2D eigenvalue weighted by atomic mass is 32.2. The molecule has 1 heterocycles. The van der Waals surface area contributed by atoms with Crippen LogP contribution in [-0.2, 0) is 14.9 Å². The Hall–Kier alpha value is -2.65. The quantitative estimate of drug-likeness (QED) is 0.462. The summed E-state index contributed by atoms with van der Waals surface area (Å²) < 4.78 is 36.9. The third-order valence-corrected chi connectivity index (χ3v) is 3.41. The molecular formula is C14H14N3O5S-. The van der Waals surface area contributed by atoms with Gasteiger partial charge in [-0.3, -0.25) is 4.79 Å². The van der Waals surface area contributed by atoms with Gasteiger partial charge in [0, 0.05) is 5.69 Å². The summed E-state index contributed by atoms with van der Waals surface area (Å²) in [6, 6.07) is 9.80. The van der Waals surface area contributed by atoms with Crippen molar-refractivity contribution in [3.8, 4) is 0 Å². The molecule has 0 aliphatic rings. The van der Waals surface area contributed by atoms with E-state index in [1.165, 1.54) is 6.07 Å². The fourth-order valence-electron chi connectivity index (χ4n) is 1.68. The Morgan fingerprint density at radius 1 is 1.35 bits per heavy atom. The summed E-state index contributed by atoms with van der Waals surface area (Å²) >= 11 is 0. The van der Waals surface area contributed by atoms with Crippen LogP contribution < -0.4 is 10.7 Å². The lowest BCUT2D eigenvalue weighted by Gasteiger charge is -2.05. The van der Waals surface area contributed by atoms with Crippen LogP contribution in [-0.4, -0.2) is 31.6 Å². The van der Waals surface area contributed by atoms with Gasteiger partial charge in [0.2, 0.25) is 5.09 Å². The molecule has 2 N–H and O–H groups in total. The normalized spacial score (nSPS) is 11.6. The molecule has 0 aliphatic carbocycles. The topological polar surface area (TPSA) is 124 Å². The lowest BCUT2D eigenvalue weighted by atomic mass is 10.2. The summed E-state index contributed by atoms with van der Waals surface area (Å²) in [7, 11) is -4.64. The summed E-state index contributed by atoms with van der Waals surface area (Å²) in [6.45, 7) is 1.95. The SMILES string of the molecule is Cc1cccc(NCC(=O)NN=Cc2ccc(S(=O)(=O)[O-])o2)c1. The first-order valence-electron chi connectivity index (χ1n) is 6.53. The Kier molecular flexibility index (Phi) is 5.14. The van der Waals surface area contributed by atoms with Crippen molar-refractivity contribution in [3.63, 3.8) is 0 Å². The van der Waals surface area contributed by atoms with Crippen molar-refractivity contribution in [1.82, 2.24) is 5.43 Å². The number of nitrogens with one attached hydrogen (secondary N) is 2. The van der Waals surface area contributed by atoms with E-state index in [-0.39, 0.29) is 12.3 Å². The molecule has 2 aromatic rings. The van der Waals surface area contributed by atoms with Crippen molar-refractivity contribution in [3.05, 3.63) is 47.7 Å². The van der Waals surface area contributed by atoms with Gasteiger partial charge in [0.1, 0.15) is 5.76 Å². The Morgan fingerprint density at radius 3 is 2.78 bits per heavy atom. The van der Waals surface area contributed by atoms with Gasteiger partial charge >= 0.3 is 0 Å². The van der Waals surface area contributed by atoms with Gasteiger partial charge in [0.15, 0.2) is 10.1 Å². The number of nitrogens with zero attached hydrogens (tertiary/aromatic N) is 1. The zero-order valence-electron chi connectivity index (χ0n) is 12.1. The van der Waals surface area contributed by atoms with Gasteiger partial charge in [-0.05, 0) is 36.8 Å². The Bertz CT molecular complexity index is 826. The van der Waals surface area contributed by atoms with Gasteiger partial charge < -0.3 is 14.3 Å². The van der Waals surface area contributed by atoms with Gasteiger partial charge in [-0.25, -0.2) is 13.8 Å². The second-order valence-corrected chi connectivity index (χ2v) is 5.94. The largest absolute Gasteiger partial charge is 0.742 e. The summed E-state index contributed by atoms with van der Waals surface area (Å²) in [5.74, 6) is -0.364. The summed E-state index contributed by atoms with van der Waals surface area (Å²) in [5, 5.41) is 5.84. The second-order valence-electron chi connectivity index (χ2n) is 4.63. The number of carbonyl (C=O) groups excluding carboxylic acids is 1. The molecule has 0 aliphatic heterocycles. The third kappa shape index (κ3) is 5.24. The molecule has 1 aromatic carbocycles. The number of hydrazone groups is 1. The van der Waals surface area contributed by atoms with Crippen molar-refractivity contribution in [2.45, 2.75) is 12.0 Å². The van der Waals surface area contributed by atoms with E-state index in [2.05, 4.69) is 15.8 Å². The van der Waals surface area contributed by atoms with E-state index >= 15 is 0 Å². The van der Waals surface area contributed by atoms with Gasteiger partial charge in [-0.1, -0.05) is 12.1 Å². The predicted octanol–water partition coefficient (Wildman–Crippen LogP) is 1.05. The van der Waals surface area contributed by atoms with Crippen LogP contribution in [0.15, 0.2) is 51.0 Å². The standard InChI is InChI=1S/C14H15N3O5S/c1-10-3-2-4-11(7-10)15-9-13(18)17-16-8-12-5-6-14(22-12)23(19,20)21/h2-8,15H,9H2,1H3,(H,17,18)(H,19,20,21)/p-1. The third-order valence-electron chi connectivity index (χ3n) is 2.70. The zero-order chi connectivity index (χ0) is 16.9. The first kappa shape index (κ1) is 16.7. The minimum Gasteiger partial charge on any atom is -0.742 e. The Labute approximate surface area is 132 Å². The minimum atomic E-state index is -4.64. The molecule has 0 spiro atoms. The van der Waals surface area contributed by atoms with Crippen LogP contribution in [0.2, 0.25) is 0 Å². The predicted molar refractivity (Wildman–Crippen MR) is 82.1 cm³/mol. The van der Waals surface area contributed by atoms with Crippen molar-refractivity contribution >= 4 is 27.9 Å². The van der Waals surface area contributed by atoms with Crippen molar-refractivity contribution in [2.75, 3.05) is 11.9 Å². The number of benzene rings is 1. The summed E-state index contributed by atoms with van der Waals surface area (Å²) in [5.41, 5.74) is 4.12. The Balaban J connectivity index is 1.83. The fraction of sp³-hybridized carbons (Fsp3) is 0.143. The molecule has 2 rings (SSSR count). The maximum Gasteiger partial charge on any atom is 0.259 e. The van der Waals surface area contributed by atoms with Gasteiger partial charge in [-0.2, -0.15) is 5.10 Å². The molecule has 23 heavy (non-hydrogen) atoms. The number of hydrogen-bond acceptors (Lipinski definition) is 7. The summed E-state index contributed by atoms with van der Waals surface area (Å²) in [4.78, 5) is 11.6. The minimum absolute atomic E-state index is 0.0130. The zero-order valence-corrected chi connectivity index (χ0v) is 13.0. The maximum atomic E-state index is 11.6. The summed E-state index contributed by atoms with van der Waals surface area (Å²) in [6.07, 6.45) is 1.10. The average molecular weight is 336 g/mol. The number of amides is 1. The van der Waals surface area contributed by atoms with Crippen LogP contribution in [0.3, 0.4) is 0 Å². The lowest BCUT2D eigenvalue weighted by molar-refractivity contribution is -0.119. The first-order chi connectivity index (χ1) is 10.8. The van der Waals surface area contributed by atoms with E-state index in [0.717, 1.165) is 23.5 Å². The van der Waals surface area contributed by atoms with Crippen molar-refractivity contribution in [2.24, 2.45) is 5.10 Å².